The number of hydrogen-bond donors (Lipinski definition) is 5. The fourth-order valence-electron chi connectivity index (χ4n) is 3.45. The van der Waals surface area contributed by atoms with Crippen LogP contribution in [0.25, 0.3) is 0 Å². The van der Waals surface area contributed by atoms with Crippen molar-refractivity contribution in [3.05, 3.63) is 76.4 Å². The number of carbonyl (C=O) groups is 1. The molecular formula is C24H25N7O3S. The van der Waals surface area contributed by atoms with Crippen molar-refractivity contribution in [2.24, 2.45) is 4.99 Å². The molecule has 10 nitrogen and oxygen atoms in total. The summed E-state index contributed by atoms with van der Waals surface area (Å²) in [6, 6.07) is 16.4. The van der Waals surface area contributed by atoms with Gasteiger partial charge in [0.15, 0.2) is 5.69 Å². The second-order valence-corrected chi connectivity index (χ2v) is 8.72. The lowest BCUT2D eigenvalue weighted by Gasteiger charge is -2.15. The molecule has 0 fully saturated rings. The molecule has 5 N–H and O–H groups in total. The second-order valence-electron chi connectivity index (χ2n) is 7.52. The first-order chi connectivity index (χ1) is 17.0. The first-order valence-electron chi connectivity index (χ1n) is 10.8. The van der Waals surface area contributed by atoms with E-state index in [-0.39, 0.29) is 11.6 Å². The monoisotopic (exact) mass is 491 g/mol. The summed E-state index contributed by atoms with van der Waals surface area (Å²) in [5.74, 6) is -0.772. The molecule has 1 aliphatic rings. The number of nitrogens with zero attached hydrogens (tertiary/aromatic N) is 2. The molecule has 1 atom stereocenters. The zero-order valence-corrected chi connectivity index (χ0v) is 20.0. The fourth-order valence-corrected chi connectivity index (χ4v) is 4.29. The predicted octanol–water partition coefficient (Wildman–Crippen LogP) is 3.19. The third-order valence-corrected chi connectivity index (χ3v) is 5.94. The van der Waals surface area contributed by atoms with Gasteiger partial charge in [-0.2, -0.15) is 0 Å². The molecule has 1 aromatic heterocycles. The zero-order valence-electron chi connectivity index (χ0n) is 19.2. The van der Waals surface area contributed by atoms with E-state index in [2.05, 4.69) is 25.9 Å². The van der Waals surface area contributed by atoms with Crippen molar-refractivity contribution >= 4 is 45.6 Å². The van der Waals surface area contributed by atoms with Crippen molar-refractivity contribution in [2.75, 3.05) is 30.9 Å². The second kappa shape index (κ2) is 10.9. The van der Waals surface area contributed by atoms with Gasteiger partial charge in [0.1, 0.15) is 5.00 Å². The van der Waals surface area contributed by atoms with Crippen molar-refractivity contribution in [1.82, 2.24) is 10.3 Å². The number of aromatic nitrogens is 1. The van der Waals surface area contributed by atoms with Crippen LogP contribution in [0.5, 0.6) is 0 Å². The number of anilines is 2. The molecule has 1 amide bonds. The highest BCUT2D eigenvalue weighted by molar-refractivity contribution is 7.16. The Morgan fingerprint density at radius 2 is 1.89 bits per heavy atom. The molecule has 0 radical (unpaired) electrons. The standard InChI is InChI=1S/C24H25N7O3S/c1-14-28-19(23(35-14)27-12-13-33-2)20(25)34-24(26)31-21-22(32)29-17-11-7-6-10-16(17)18(30-21)15-8-4-3-5-9-15/h3-11,21,25,27H,12-13H2,1-2H3,(H2,26,31)(H,29,32). The number of amidine groups is 1. The molecule has 3 aromatic rings. The van der Waals surface area contributed by atoms with Gasteiger partial charge in [-0.3, -0.25) is 15.6 Å². The Balaban J connectivity index is 1.53. The molecule has 0 bridgehead atoms. The molecule has 180 valence electrons. The maximum atomic E-state index is 12.9. The van der Waals surface area contributed by atoms with Crippen LogP contribution in [-0.2, 0) is 14.3 Å². The Kier molecular flexibility index (Phi) is 7.48. The molecule has 11 heteroatoms. The first kappa shape index (κ1) is 24.0. The van der Waals surface area contributed by atoms with E-state index in [1.54, 1.807) is 13.2 Å². The molecule has 35 heavy (non-hydrogen) atoms. The molecule has 4 rings (SSSR count). The molecule has 0 aliphatic carbocycles. The van der Waals surface area contributed by atoms with Gasteiger partial charge in [-0.25, -0.2) is 9.98 Å². The van der Waals surface area contributed by atoms with Crippen molar-refractivity contribution in [3.63, 3.8) is 0 Å². The van der Waals surface area contributed by atoms with Gasteiger partial charge in [0, 0.05) is 24.8 Å². The summed E-state index contributed by atoms with van der Waals surface area (Å²) in [7, 11) is 1.60. The number of methoxy groups -OCH3 is 1. The van der Waals surface area contributed by atoms with Crippen LogP contribution >= 0.6 is 11.3 Å². The quantitative estimate of drug-likeness (QED) is 0.195. The van der Waals surface area contributed by atoms with E-state index in [9.17, 15) is 4.79 Å². The van der Waals surface area contributed by atoms with Crippen LogP contribution in [0.1, 0.15) is 21.8 Å². The number of aryl methyl sites for hydroxylation is 1. The number of carbonyl (C=O) groups excluding carboxylic acids is 1. The lowest BCUT2D eigenvalue weighted by atomic mass is 10.0. The summed E-state index contributed by atoms with van der Waals surface area (Å²) >= 11 is 1.37. The highest BCUT2D eigenvalue weighted by Crippen LogP contribution is 2.25. The van der Waals surface area contributed by atoms with Gasteiger partial charge >= 0.3 is 0 Å². The zero-order chi connectivity index (χ0) is 24.8. The number of thiazole rings is 1. The summed E-state index contributed by atoms with van der Waals surface area (Å²) in [6.45, 7) is 2.84. The van der Waals surface area contributed by atoms with Crippen LogP contribution in [0.15, 0.2) is 59.6 Å². The highest BCUT2D eigenvalue weighted by atomic mass is 32.1. The molecule has 0 saturated carbocycles. The summed E-state index contributed by atoms with van der Waals surface area (Å²) in [6.07, 6.45) is -1.14. The Labute approximate surface area is 206 Å². The lowest BCUT2D eigenvalue weighted by Crippen LogP contribution is -2.43. The average molecular weight is 492 g/mol. The van der Waals surface area contributed by atoms with Crippen molar-refractivity contribution < 1.29 is 14.3 Å². The maximum absolute atomic E-state index is 12.9. The Morgan fingerprint density at radius 3 is 2.66 bits per heavy atom. The number of benzene rings is 2. The minimum Gasteiger partial charge on any atom is -0.405 e. The highest BCUT2D eigenvalue weighted by Gasteiger charge is 2.27. The first-order valence-corrected chi connectivity index (χ1v) is 11.6. The van der Waals surface area contributed by atoms with Gasteiger partial charge in [0.2, 0.25) is 12.1 Å². The van der Waals surface area contributed by atoms with E-state index in [1.165, 1.54) is 11.3 Å². The summed E-state index contributed by atoms with van der Waals surface area (Å²) in [5, 5.41) is 26.6. The van der Waals surface area contributed by atoms with Gasteiger partial charge in [0.05, 0.1) is 23.0 Å². The van der Waals surface area contributed by atoms with Crippen LogP contribution in [0.3, 0.4) is 0 Å². The number of para-hydroxylation sites is 1. The minimum atomic E-state index is -1.14. The molecule has 0 saturated heterocycles. The van der Waals surface area contributed by atoms with E-state index < -0.39 is 18.1 Å². The van der Waals surface area contributed by atoms with E-state index >= 15 is 0 Å². The van der Waals surface area contributed by atoms with Crippen molar-refractivity contribution in [3.8, 4) is 0 Å². The van der Waals surface area contributed by atoms with Crippen molar-refractivity contribution in [2.45, 2.75) is 13.1 Å². The molecule has 2 heterocycles. The normalized spacial score (nSPS) is 14.7. The summed E-state index contributed by atoms with van der Waals surface area (Å²) in [5.41, 5.74) is 3.09. The predicted molar refractivity (Wildman–Crippen MR) is 137 cm³/mol. The summed E-state index contributed by atoms with van der Waals surface area (Å²) in [4.78, 5) is 21.9. The molecule has 1 aliphatic heterocycles. The van der Waals surface area contributed by atoms with Gasteiger partial charge in [-0.05, 0) is 13.0 Å². The smallest absolute Gasteiger partial charge is 0.290 e. The number of benzodiazepines with no additional fused rings is 1. The molecule has 1 unspecified atom stereocenters. The van der Waals surface area contributed by atoms with Gasteiger partial charge in [-0.15, -0.1) is 11.3 Å². The number of amides is 1. The van der Waals surface area contributed by atoms with Crippen LogP contribution in [-0.4, -0.2) is 54.9 Å². The van der Waals surface area contributed by atoms with E-state index in [0.717, 1.165) is 16.1 Å². The number of aliphatic imine (C=N–C) groups is 1. The number of ether oxygens (including phenoxy) is 2. The van der Waals surface area contributed by atoms with Gasteiger partial charge in [0.25, 0.3) is 11.9 Å². The van der Waals surface area contributed by atoms with E-state index in [0.29, 0.717) is 29.6 Å². The Bertz CT molecular complexity index is 1270. The molecule has 2 aromatic carbocycles. The average Bonchev–Trinajstić information content (AvgIpc) is 3.16. The van der Waals surface area contributed by atoms with Crippen molar-refractivity contribution in [1.29, 1.82) is 10.8 Å². The Hall–Kier alpha value is -4.09. The maximum Gasteiger partial charge on any atom is 0.290 e. The third kappa shape index (κ3) is 5.70. The van der Waals surface area contributed by atoms with Crippen LogP contribution in [0, 0.1) is 17.7 Å². The van der Waals surface area contributed by atoms with Crippen LogP contribution in [0.4, 0.5) is 10.7 Å². The largest absolute Gasteiger partial charge is 0.405 e. The number of fused-ring (bicyclic) bond motifs is 1. The SMILES string of the molecule is COCCNc1sc(C)nc1C(=N)OC(=N)NC1N=C(c2ccccc2)c2ccccc2NC1=O. The summed E-state index contributed by atoms with van der Waals surface area (Å²) < 4.78 is 10.4. The van der Waals surface area contributed by atoms with Gasteiger partial charge in [-0.1, -0.05) is 48.5 Å². The van der Waals surface area contributed by atoms with Gasteiger partial charge < -0.3 is 25.4 Å². The minimum absolute atomic E-state index is 0.279. The van der Waals surface area contributed by atoms with E-state index in [1.807, 2.05) is 55.5 Å². The lowest BCUT2D eigenvalue weighted by molar-refractivity contribution is -0.117. The van der Waals surface area contributed by atoms with Crippen LogP contribution < -0.4 is 16.0 Å². The van der Waals surface area contributed by atoms with E-state index in [4.69, 9.17) is 20.3 Å². The number of hydrogen-bond acceptors (Lipinski definition) is 9. The third-order valence-electron chi connectivity index (χ3n) is 5.01. The Morgan fingerprint density at radius 1 is 1.14 bits per heavy atom. The van der Waals surface area contributed by atoms with Crippen LogP contribution in [0.2, 0.25) is 0 Å². The molecular weight excluding hydrogens is 466 g/mol. The topological polar surface area (TPSA) is 145 Å². The fraction of sp³-hybridized carbons (Fsp3) is 0.208. The number of nitrogens with one attached hydrogen (secondary N) is 5. The number of rotatable bonds is 7. The molecule has 0 spiro atoms.